The van der Waals surface area contributed by atoms with Crippen molar-refractivity contribution in [3.05, 3.63) is 64.1 Å². The van der Waals surface area contributed by atoms with Gasteiger partial charge in [0, 0.05) is 21.4 Å². The van der Waals surface area contributed by atoms with Gasteiger partial charge in [-0.1, -0.05) is 19.9 Å². The normalized spacial score (nSPS) is 9.88. The van der Waals surface area contributed by atoms with Gasteiger partial charge >= 0.3 is 5.97 Å². The first-order chi connectivity index (χ1) is 12.1. The van der Waals surface area contributed by atoms with E-state index in [-0.39, 0.29) is 16.1 Å². The smallest absolute Gasteiger partial charge is 0.339 e. The number of anilines is 1. The molecule has 0 atom stereocenters. The quantitative estimate of drug-likeness (QED) is 0.622. The van der Waals surface area contributed by atoms with E-state index in [4.69, 9.17) is 0 Å². The van der Waals surface area contributed by atoms with Crippen molar-refractivity contribution in [1.82, 2.24) is 0 Å². The van der Waals surface area contributed by atoms with Gasteiger partial charge < -0.3 is 10.4 Å². The predicted octanol–water partition coefficient (Wildman–Crippen LogP) is 5.59. The summed E-state index contributed by atoms with van der Waals surface area (Å²) in [6.07, 6.45) is 0. The van der Waals surface area contributed by atoms with Gasteiger partial charge in [0.05, 0.1) is 0 Å². The summed E-state index contributed by atoms with van der Waals surface area (Å²) in [6.45, 7) is 4.00. The van der Waals surface area contributed by atoms with E-state index >= 15 is 0 Å². The summed E-state index contributed by atoms with van der Waals surface area (Å²) in [7, 11) is 0. The second-order valence-corrected chi connectivity index (χ2v) is 6.42. The van der Waals surface area contributed by atoms with Crippen LogP contribution in [0.3, 0.4) is 0 Å². The van der Waals surface area contributed by atoms with Crippen molar-refractivity contribution < 1.29 is 19.1 Å². The van der Waals surface area contributed by atoms with E-state index in [1.807, 2.05) is 31.4 Å². The van der Waals surface area contributed by atoms with E-state index in [0.717, 1.165) is 16.2 Å². The fourth-order valence-corrected chi connectivity index (χ4v) is 3.82. The van der Waals surface area contributed by atoms with Crippen LogP contribution in [0.25, 0.3) is 10.4 Å². The van der Waals surface area contributed by atoms with Crippen LogP contribution in [0.15, 0.2) is 47.2 Å². The Morgan fingerprint density at radius 3 is 2.32 bits per heavy atom. The standard InChI is InChI=1S/C16H10FNO3S2.C2H6/c17-10-5-3-9(4-6-10)14(19)18-15-13(16(20)21)11(8-23-15)12-2-1-7-22-12;1-2/h1-8H,(H,18,19)(H,20,21);1-2H3. The van der Waals surface area contributed by atoms with Gasteiger partial charge in [0.2, 0.25) is 0 Å². The average molecular weight is 377 g/mol. The molecule has 0 aliphatic carbocycles. The lowest BCUT2D eigenvalue weighted by molar-refractivity contribution is 0.0699. The van der Waals surface area contributed by atoms with Gasteiger partial charge in [-0.15, -0.1) is 22.7 Å². The fourth-order valence-electron chi connectivity index (χ4n) is 2.05. The number of aromatic carboxylic acids is 1. The highest BCUT2D eigenvalue weighted by atomic mass is 32.1. The molecule has 2 heterocycles. The lowest BCUT2D eigenvalue weighted by Crippen LogP contribution is -2.13. The Kier molecular flexibility index (Phi) is 6.44. The first kappa shape index (κ1) is 18.8. The molecule has 0 aliphatic rings. The fraction of sp³-hybridized carbons (Fsp3) is 0.111. The predicted molar refractivity (Wildman–Crippen MR) is 100 cm³/mol. The zero-order chi connectivity index (χ0) is 18.4. The SMILES string of the molecule is CC.O=C(Nc1scc(-c2cccs2)c1C(=O)O)c1ccc(F)cc1. The molecular weight excluding hydrogens is 361 g/mol. The molecule has 7 heteroatoms. The van der Waals surface area contributed by atoms with Crippen LogP contribution in [0.2, 0.25) is 0 Å². The maximum atomic E-state index is 12.9. The van der Waals surface area contributed by atoms with Crippen LogP contribution in [-0.2, 0) is 0 Å². The van der Waals surface area contributed by atoms with Crippen molar-refractivity contribution >= 4 is 39.6 Å². The monoisotopic (exact) mass is 377 g/mol. The summed E-state index contributed by atoms with van der Waals surface area (Å²) in [5.74, 6) is -2.03. The second-order valence-electron chi connectivity index (χ2n) is 4.60. The van der Waals surface area contributed by atoms with Crippen LogP contribution in [0, 0.1) is 5.82 Å². The highest BCUT2D eigenvalue weighted by molar-refractivity contribution is 7.17. The van der Waals surface area contributed by atoms with Crippen LogP contribution >= 0.6 is 22.7 Å². The van der Waals surface area contributed by atoms with Crippen molar-refractivity contribution in [1.29, 1.82) is 0 Å². The number of thiophene rings is 2. The molecule has 3 aromatic rings. The maximum absolute atomic E-state index is 12.9. The number of halogens is 1. The first-order valence-electron chi connectivity index (χ1n) is 7.52. The summed E-state index contributed by atoms with van der Waals surface area (Å²) in [4.78, 5) is 24.6. The van der Waals surface area contributed by atoms with Gasteiger partial charge in [0.25, 0.3) is 5.91 Å². The number of carboxylic acids is 1. The lowest BCUT2D eigenvalue weighted by atomic mass is 10.1. The van der Waals surface area contributed by atoms with Crippen LogP contribution in [0.4, 0.5) is 9.39 Å². The molecule has 130 valence electrons. The molecule has 0 spiro atoms. The molecule has 0 saturated carbocycles. The second kappa shape index (κ2) is 8.55. The van der Waals surface area contributed by atoms with E-state index in [0.29, 0.717) is 5.56 Å². The number of carbonyl (C=O) groups excluding carboxylic acids is 1. The third-order valence-electron chi connectivity index (χ3n) is 3.12. The van der Waals surface area contributed by atoms with Gasteiger partial charge in [-0.05, 0) is 35.7 Å². The minimum atomic E-state index is -1.11. The Balaban J connectivity index is 0.00000109. The summed E-state index contributed by atoms with van der Waals surface area (Å²) in [5.41, 5.74) is 0.897. The number of amides is 1. The molecule has 3 rings (SSSR count). The van der Waals surface area contributed by atoms with Crippen molar-refractivity contribution in [2.45, 2.75) is 13.8 Å². The van der Waals surface area contributed by atoms with Gasteiger partial charge in [0.1, 0.15) is 16.4 Å². The molecule has 25 heavy (non-hydrogen) atoms. The highest BCUT2D eigenvalue weighted by Gasteiger charge is 2.21. The molecule has 0 bridgehead atoms. The summed E-state index contributed by atoms with van der Waals surface area (Å²) in [5, 5.41) is 15.9. The molecule has 0 unspecified atom stereocenters. The molecule has 0 saturated heterocycles. The molecule has 1 amide bonds. The van der Waals surface area contributed by atoms with E-state index in [9.17, 15) is 19.1 Å². The van der Waals surface area contributed by atoms with Crippen LogP contribution in [0.1, 0.15) is 34.6 Å². The largest absolute Gasteiger partial charge is 0.478 e. The third kappa shape index (κ3) is 4.32. The molecule has 0 fully saturated rings. The van der Waals surface area contributed by atoms with Crippen LogP contribution < -0.4 is 5.32 Å². The number of carboxylic acid groups (broad SMARTS) is 1. The van der Waals surface area contributed by atoms with Gasteiger partial charge in [-0.2, -0.15) is 0 Å². The van der Waals surface area contributed by atoms with Crippen molar-refractivity contribution in [2.75, 3.05) is 5.32 Å². The average Bonchev–Trinajstić information content (AvgIpc) is 3.26. The van der Waals surface area contributed by atoms with Gasteiger partial charge in [-0.3, -0.25) is 4.79 Å². The van der Waals surface area contributed by atoms with E-state index in [1.54, 1.807) is 5.38 Å². The maximum Gasteiger partial charge on any atom is 0.339 e. The summed E-state index contributed by atoms with van der Waals surface area (Å²) >= 11 is 2.58. The zero-order valence-electron chi connectivity index (χ0n) is 13.6. The molecule has 1 aromatic carbocycles. The minimum absolute atomic E-state index is 0.0629. The van der Waals surface area contributed by atoms with Crippen molar-refractivity contribution in [3.8, 4) is 10.4 Å². The van der Waals surface area contributed by atoms with Crippen molar-refractivity contribution in [2.24, 2.45) is 0 Å². The lowest BCUT2D eigenvalue weighted by Gasteiger charge is -2.05. The van der Waals surface area contributed by atoms with Crippen molar-refractivity contribution in [3.63, 3.8) is 0 Å². The number of nitrogens with one attached hydrogen (secondary N) is 1. The third-order valence-corrected chi connectivity index (χ3v) is 4.92. The number of rotatable bonds is 4. The van der Waals surface area contributed by atoms with E-state index in [2.05, 4.69) is 5.32 Å². The molecule has 0 radical (unpaired) electrons. The molecule has 2 N–H and O–H groups in total. The molecule has 4 nitrogen and oxygen atoms in total. The van der Waals surface area contributed by atoms with E-state index < -0.39 is 17.7 Å². The molecule has 2 aromatic heterocycles. The van der Waals surface area contributed by atoms with Crippen LogP contribution in [0.5, 0.6) is 0 Å². The van der Waals surface area contributed by atoms with Gasteiger partial charge in [-0.25, -0.2) is 9.18 Å². The van der Waals surface area contributed by atoms with Crippen LogP contribution in [-0.4, -0.2) is 17.0 Å². The highest BCUT2D eigenvalue weighted by Crippen LogP contribution is 2.37. The zero-order valence-corrected chi connectivity index (χ0v) is 15.2. The number of carbonyl (C=O) groups is 2. The Morgan fingerprint density at radius 1 is 1.08 bits per heavy atom. The van der Waals surface area contributed by atoms with Gasteiger partial charge in [0.15, 0.2) is 0 Å². The Hall–Kier alpha value is -2.51. The topological polar surface area (TPSA) is 66.4 Å². The minimum Gasteiger partial charge on any atom is -0.478 e. The summed E-state index contributed by atoms with van der Waals surface area (Å²) < 4.78 is 12.9. The molecule has 0 aliphatic heterocycles. The number of benzene rings is 1. The first-order valence-corrected chi connectivity index (χ1v) is 9.28. The summed E-state index contributed by atoms with van der Waals surface area (Å²) in [6, 6.07) is 8.71. The Bertz CT molecular complexity index is 855. The molecular formula is C18H16FNO3S2. The number of hydrogen-bond donors (Lipinski definition) is 2. The van der Waals surface area contributed by atoms with E-state index in [1.165, 1.54) is 35.6 Å². The number of hydrogen-bond acceptors (Lipinski definition) is 4. The Labute approximate surface area is 152 Å². The Morgan fingerprint density at radius 2 is 1.76 bits per heavy atom.